The molecule has 0 saturated carbocycles. The molecule has 1 heterocycles. The van der Waals surface area contributed by atoms with Crippen LogP contribution >= 0.6 is 46.3 Å². The number of aromatic nitrogens is 1. The number of benzene rings is 2. The highest BCUT2D eigenvalue weighted by molar-refractivity contribution is 8.00. The van der Waals surface area contributed by atoms with Crippen molar-refractivity contribution in [1.82, 2.24) is 4.98 Å². The summed E-state index contributed by atoms with van der Waals surface area (Å²) in [5.74, 6) is -0.961. The first-order chi connectivity index (χ1) is 13.9. The van der Waals surface area contributed by atoms with E-state index < -0.39 is 11.9 Å². The number of rotatable bonds is 7. The monoisotopic (exact) mass is 466 g/mol. The highest BCUT2D eigenvalue weighted by atomic mass is 35.5. The van der Waals surface area contributed by atoms with Crippen LogP contribution in [-0.4, -0.2) is 29.2 Å². The molecule has 1 aromatic heterocycles. The second-order valence-electron chi connectivity index (χ2n) is 5.98. The molecule has 0 aliphatic rings. The van der Waals surface area contributed by atoms with E-state index in [1.807, 2.05) is 36.6 Å². The van der Waals surface area contributed by atoms with Crippen molar-refractivity contribution in [3.05, 3.63) is 63.5 Å². The Kier molecular flexibility index (Phi) is 7.55. The fourth-order valence-corrected chi connectivity index (χ4v) is 4.28. The molecule has 0 spiro atoms. The van der Waals surface area contributed by atoms with Crippen LogP contribution in [-0.2, 0) is 14.3 Å². The predicted octanol–water partition coefficient (Wildman–Crippen LogP) is 5.70. The summed E-state index contributed by atoms with van der Waals surface area (Å²) in [5, 5.41) is 5.96. The van der Waals surface area contributed by atoms with Crippen molar-refractivity contribution < 1.29 is 14.3 Å². The molecule has 9 heteroatoms. The minimum absolute atomic E-state index is 0.0160. The fourth-order valence-electron chi connectivity index (χ4n) is 2.26. The molecule has 1 N–H and O–H groups in total. The van der Waals surface area contributed by atoms with Crippen molar-refractivity contribution in [2.45, 2.75) is 11.8 Å². The van der Waals surface area contributed by atoms with Crippen molar-refractivity contribution in [2.24, 2.45) is 0 Å². The van der Waals surface area contributed by atoms with Gasteiger partial charge in [-0.25, -0.2) is 4.98 Å². The maximum atomic E-state index is 12.0. The van der Waals surface area contributed by atoms with Crippen LogP contribution in [0, 0.1) is 6.92 Å². The molecule has 150 valence electrons. The number of esters is 1. The van der Waals surface area contributed by atoms with E-state index >= 15 is 0 Å². The van der Waals surface area contributed by atoms with Gasteiger partial charge in [-0.05, 0) is 25.1 Å². The Morgan fingerprint density at radius 2 is 1.93 bits per heavy atom. The average molecular weight is 467 g/mol. The van der Waals surface area contributed by atoms with Crippen molar-refractivity contribution in [3.8, 4) is 11.3 Å². The van der Waals surface area contributed by atoms with Crippen molar-refractivity contribution in [3.63, 3.8) is 0 Å². The van der Waals surface area contributed by atoms with Gasteiger partial charge in [0.05, 0.1) is 16.5 Å². The number of anilines is 1. The third kappa shape index (κ3) is 6.47. The quantitative estimate of drug-likeness (QED) is 0.357. The molecule has 0 radical (unpaired) electrons. The van der Waals surface area contributed by atoms with Gasteiger partial charge in [0.2, 0.25) is 0 Å². The lowest BCUT2D eigenvalue weighted by atomic mass is 10.1. The zero-order valence-corrected chi connectivity index (χ0v) is 18.4. The molecule has 1 amide bonds. The number of nitrogens with one attached hydrogen (secondary N) is 1. The van der Waals surface area contributed by atoms with Crippen LogP contribution in [0.2, 0.25) is 10.0 Å². The number of halogens is 2. The van der Waals surface area contributed by atoms with Crippen LogP contribution in [0.3, 0.4) is 0 Å². The van der Waals surface area contributed by atoms with Gasteiger partial charge in [0.1, 0.15) is 0 Å². The summed E-state index contributed by atoms with van der Waals surface area (Å²) < 4.78 is 5.00. The number of nitrogens with zero attached hydrogens (tertiary/aromatic N) is 1. The molecule has 0 fully saturated rings. The van der Waals surface area contributed by atoms with Gasteiger partial charge in [0.15, 0.2) is 11.7 Å². The summed E-state index contributed by atoms with van der Waals surface area (Å²) in [6.45, 7) is 1.63. The molecule has 0 atom stereocenters. The number of thioether (sulfide) groups is 1. The minimum atomic E-state index is -0.527. The topological polar surface area (TPSA) is 68.3 Å². The first-order valence-electron chi connectivity index (χ1n) is 8.46. The second kappa shape index (κ2) is 10.1. The van der Waals surface area contributed by atoms with Crippen LogP contribution in [0.4, 0.5) is 5.13 Å². The van der Waals surface area contributed by atoms with Gasteiger partial charge < -0.3 is 4.74 Å². The van der Waals surface area contributed by atoms with E-state index in [1.54, 1.807) is 18.2 Å². The van der Waals surface area contributed by atoms with Gasteiger partial charge in [-0.1, -0.05) is 53.0 Å². The summed E-state index contributed by atoms with van der Waals surface area (Å²) in [7, 11) is 0. The Labute approximate surface area is 186 Å². The Bertz CT molecular complexity index is 1020. The van der Waals surface area contributed by atoms with E-state index in [4.69, 9.17) is 27.9 Å². The van der Waals surface area contributed by atoms with Crippen molar-refractivity contribution in [1.29, 1.82) is 0 Å². The predicted molar refractivity (Wildman–Crippen MR) is 119 cm³/mol. The van der Waals surface area contributed by atoms with Crippen LogP contribution < -0.4 is 5.32 Å². The van der Waals surface area contributed by atoms with Gasteiger partial charge in [-0.2, -0.15) is 0 Å². The van der Waals surface area contributed by atoms with Crippen molar-refractivity contribution >= 4 is 63.3 Å². The first kappa shape index (κ1) is 21.6. The maximum absolute atomic E-state index is 12.0. The molecule has 3 rings (SSSR count). The number of hydrogen-bond donors (Lipinski definition) is 1. The number of carbonyl (C=O) groups is 2. The maximum Gasteiger partial charge on any atom is 0.316 e. The molecule has 2 aromatic carbocycles. The number of hydrogen-bond acceptors (Lipinski definition) is 6. The fraction of sp³-hybridized carbons (Fsp3) is 0.150. The molecule has 3 aromatic rings. The van der Waals surface area contributed by atoms with Crippen LogP contribution in [0.5, 0.6) is 0 Å². The van der Waals surface area contributed by atoms with Gasteiger partial charge in [-0.15, -0.1) is 23.1 Å². The molecule has 29 heavy (non-hydrogen) atoms. The summed E-state index contributed by atoms with van der Waals surface area (Å²) in [6, 6.07) is 12.9. The normalized spacial score (nSPS) is 10.6. The summed E-state index contributed by atoms with van der Waals surface area (Å²) in [4.78, 5) is 28.9. The zero-order valence-electron chi connectivity index (χ0n) is 15.3. The van der Waals surface area contributed by atoms with Crippen LogP contribution in [0.15, 0.2) is 52.7 Å². The highest BCUT2D eigenvalue weighted by Gasteiger charge is 2.12. The third-order valence-electron chi connectivity index (χ3n) is 3.70. The van der Waals surface area contributed by atoms with E-state index in [0.29, 0.717) is 20.1 Å². The molecular weight excluding hydrogens is 451 g/mol. The standard InChI is InChI=1S/C20H16Cl2N2O3S2/c1-12-2-4-13(5-3-12)16-10-29-20(23-16)24-18(25)9-27-19(26)11-28-17-8-14(21)6-7-15(17)22/h2-8,10H,9,11H2,1H3,(H,23,24,25). The number of carbonyl (C=O) groups excluding carboxylic acids is 2. The third-order valence-corrected chi connectivity index (χ3v) is 6.16. The van der Waals surface area contributed by atoms with Crippen LogP contribution in [0.25, 0.3) is 11.3 Å². The Balaban J connectivity index is 1.45. The second-order valence-corrected chi connectivity index (χ2v) is 8.70. The van der Waals surface area contributed by atoms with Gasteiger partial charge in [-0.3, -0.25) is 14.9 Å². The lowest BCUT2D eigenvalue weighted by Crippen LogP contribution is -2.21. The summed E-state index contributed by atoms with van der Waals surface area (Å²) >= 11 is 14.5. The van der Waals surface area contributed by atoms with E-state index in [-0.39, 0.29) is 12.4 Å². The molecule has 5 nitrogen and oxygen atoms in total. The Morgan fingerprint density at radius 1 is 1.17 bits per heavy atom. The summed E-state index contributed by atoms with van der Waals surface area (Å²) in [6.07, 6.45) is 0. The van der Waals surface area contributed by atoms with Gasteiger partial charge in [0.25, 0.3) is 5.91 Å². The van der Waals surface area contributed by atoms with E-state index in [9.17, 15) is 9.59 Å². The number of amides is 1. The molecule has 0 bridgehead atoms. The zero-order chi connectivity index (χ0) is 20.8. The molecule has 0 unspecified atom stereocenters. The smallest absolute Gasteiger partial charge is 0.316 e. The van der Waals surface area contributed by atoms with Gasteiger partial charge in [0, 0.05) is 20.9 Å². The Hall–Kier alpha value is -2.06. The molecular formula is C20H16Cl2N2O3S2. The average Bonchev–Trinajstić information content (AvgIpc) is 3.16. The minimum Gasteiger partial charge on any atom is -0.455 e. The SMILES string of the molecule is Cc1ccc(-c2csc(NC(=O)COC(=O)CSc3cc(Cl)ccc3Cl)n2)cc1. The van der Waals surface area contributed by atoms with Gasteiger partial charge >= 0.3 is 5.97 Å². The number of aryl methyl sites for hydroxylation is 1. The Morgan fingerprint density at radius 3 is 2.69 bits per heavy atom. The van der Waals surface area contributed by atoms with E-state index in [0.717, 1.165) is 16.8 Å². The van der Waals surface area contributed by atoms with E-state index in [2.05, 4.69) is 10.3 Å². The number of ether oxygens (including phenoxy) is 1. The first-order valence-corrected chi connectivity index (χ1v) is 11.1. The largest absolute Gasteiger partial charge is 0.455 e. The molecule has 0 saturated heterocycles. The number of thiazole rings is 1. The van der Waals surface area contributed by atoms with E-state index in [1.165, 1.54) is 23.1 Å². The van der Waals surface area contributed by atoms with Crippen molar-refractivity contribution in [2.75, 3.05) is 17.7 Å². The molecule has 0 aliphatic heterocycles. The highest BCUT2D eigenvalue weighted by Crippen LogP contribution is 2.30. The molecule has 0 aliphatic carbocycles. The van der Waals surface area contributed by atoms with Crippen LogP contribution in [0.1, 0.15) is 5.56 Å². The lowest BCUT2D eigenvalue weighted by molar-refractivity contribution is -0.144. The summed E-state index contributed by atoms with van der Waals surface area (Å²) in [5.41, 5.74) is 2.91. The lowest BCUT2D eigenvalue weighted by Gasteiger charge is -2.06.